The Morgan fingerprint density at radius 3 is 2.41 bits per heavy atom. The quantitative estimate of drug-likeness (QED) is 0.0929. The van der Waals surface area contributed by atoms with Crippen LogP contribution in [0.15, 0.2) is 77.2 Å². The van der Waals surface area contributed by atoms with Crippen molar-refractivity contribution in [3.05, 3.63) is 99.0 Å². The number of benzene rings is 2. The number of aromatic nitrogens is 1. The van der Waals surface area contributed by atoms with Crippen LogP contribution < -0.4 is 10.1 Å². The summed E-state index contributed by atoms with van der Waals surface area (Å²) in [5.74, 6) is -0.626. The van der Waals surface area contributed by atoms with E-state index in [0.717, 1.165) is 28.9 Å². The molecule has 0 radical (unpaired) electrons. The number of ether oxygens (including phenoxy) is 2. The predicted octanol–water partition coefficient (Wildman–Crippen LogP) is 6.79. The molecule has 1 atom stereocenters. The lowest BCUT2D eigenvalue weighted by atomic mass is 10.1. The van der Waals surface area contributed by atoms with E-state index in [1.54, 1.807) is 19.9 Å². The topological polar surface area (TPSA) is 94.6 Å². The number of Topliss-reactive ketones (excluding diaryl/α,β-unsaturated/α-hetero) is 1. The molecule has 0 spiro atoms. The van der Waals surface area contributed by atoms with Crippen molar-refractivity contribution in [3.63, 3.8) is 0 Å². The third kappa shape index (κ3) is 10.5. The van der Waals surface area contributed by atoms with E-state index in [-0.39, 0.29) is 12.4 Å². The summed E-state index contributed by atoms with van der Waals surface area (Å²) in [6.45, 7) is 8.14. The maximum Gasteiger partial charge on any atom is 0.333 e. The van der Waals surface area contributed by atoms with Gasteiger partial charge in [-0.25, -0.2) is 9.78 Å². The molecule has 2 aromatic carbocycles. The number of hydrogen-bond donors (Lipinski definition) is 1. The van der Waals surface area contributed by atoms with Crippen LogP contribution in [0.4, 0.5) is 0 Å². The van der Waals surface area contributed by atoms with Crippen LogP contribution in [0.1, 0.15) is 74.8 Å². The first-order chi connectivity index (χ1) is 19.8. The number of thiazole rings is 1. The molecule has 0 saturated carbocycles. The Bertz CT molecular complexity index is 1360. The van der Waals surface area contributed by atoms with Gasteiger partial charge in [0.05, 0.1) is 18.3 Å². The van der Waals surface area contributed by atoms with E-state index < -0.39 is 17.7 Å². The highest BCUT2D eigenvalue weighted by molar-refractivity contribution is 7.09. The first-order valence-electron chi connectivity index (χ1n) is 13.9. The van der Waals surface area contributed by atoms with Crippen molar-refractivity contribution < 1.29 is 23.9 Å². The van der Waals surface area contributed by atoms with Gasteiger partial charge in [-0.05, 0) is 74.6 Å². The summed E-state index contributed by atoms with van der Waals surface area (Å²) >= 11 is 1.41. The molecule has 0 bridgehead atoms. The van der Waals surface area contributed by atoms with Crippen molar-refractivity contribution in [2.24, 2.45) is 0 Å². The van der Waals surface area contributed by atoms with Crippen LogP contribution in [-0.4, -0.2) is 29.3 Å². The average Bonchev–Trinajstić information content (AvgIpc) is 3.43. The van der Waals surface area contributed by atoms with Crippen LogP contribution in [0.5, 0.6) is 5.75 Å². The lowest BCUT2D eigenvalue weighted by molar-refractivity contribution is -0.138. The predicted molar refractivity (Wildman–Crippen MR) is 162 cm³/mol. The summed E-state index contributed by atoms with van der Waals surface area (Å²) in [4.78, 5) is 41.8. The van der Waals surface area contributed by atoms with E-state index in [2.05, 4.69) is 5.32 Å². The second-order valence-corrected chi connectivity index (χ2v) is 10.6. The molecule has 1 aromatic heterocycles. The molecule has 3 aromatic rings. The molecule has 1 heterocycles. The second-order valence-electron chi connectivity index (χ2n) is 9.72. The summed E-state index contributed by atoms with van der Waals surface area (Å²) < 4.78 is 10.9. The molecule has 0 fully saturated rings. The molecule has 41 heavy (non-hydrogen) atoms. The maximum atomic E-state index is 12.8. The molecule has 216 valence electrons. The van der Waals surface area contributed by atoms with Gasteiger partial charge in [0.15, 0.2) is 0 Å². The van der Waals surface area contributed by atoms with E-state index in [0.29, 0.717) is 42.3 Å². The van der Waals surface area contributed by atoms with E-state index in [9.17, 15) is 14.4 Å². The van der Waals surface area contributed by atoms with Crippen LogP contribution in [-0.2, 0) is 32.1 Å². The number of carbonyl (C=O) groups excluding carboxylic acids is 3. The lowest BCUT2D eigenvalue weighted by Crippen LogP contribution is -2.35. The highest BCUT2D eigenvalue weighted by Crippen LogP contribution is 2.25. The van der Waals surface area contributed by atoms with Crippen molar-refractivity contribution in [3.8, 4) is 5.75 Å². The maximum absolute atomic E-state index is 12.8. The molecule has 8 heteroatoms. The Morgan fingerprint density at radius 2 is 1.73 bits per heavy atom. The largest absolute Gasteiger partial charge is 0.489 e. The summed E-state index contributed by atoms with van der Waals surface area (Å²) in [6.07, 6.45) is 5.82. The van der Waals surface area contributed by atoms with Crippen molar-refractivity contribution in [1.29, 1.82) is 0 Å². The van der Waals surface area contributed by atoms with Gasteiger partial charge in [0.25, 0.3) is 5.91 Å². The number of hydrogen-bond acceptors (Lipinski definition) is 7. The van der Waals surface area contributed by atoms with Gasteiger partial charge < -0.3 is 14.8 Å². The lowest BCUT2D eigenvalue weighted by Gasteiger charge is -2.17. The number of nitrogens with zero attached hydrogens (tertiary/aromatic N) is 1. The molecule has 7 nitrogen and oxygen atoms in total. The molecule has 3 rings (SSSR count). The van der Waals surface area contributed by atoms with Gasteiger partial charge in [-0.1, -0.05) is 55.8 Å². The van der Waals surface area contributed by atoms with Crippen LogP contribution in [0.2, 0.25) is 0 Å². The summed E-state index contributed by atoms with van der Waals surface area (Å²) in [5, 5.41) is 5.50. The third-order valence-electron chi connectivity index (χ3n) is 6.18. The molecule has 1 amide bonds. The molecule has 0 unspecified atom stereocenters. The highest BCUT2D eigenvalue weighted by Gasteiger charge is 2.22. The van der Waals surface area contributed by atoms with Crippen molar-refractivity contribution in [1.82, 2.24) is 10.3 Å². The van der Waals surface area contributed by atoms with E-state index in [4.69, 9.17) is 14.5 Å². The first kappa shape index (κ1) is 31.5. The first-order valence-corrected chi connectivity index (χ1v) is 14.8. The minimum absolute atomic E-state index is 0.222. The number of carbonyl (C=O) groups is 3. The Balaban J connectivity index is 1.76. The Labute approximate surface area is 246 Å². The van der Waals surface area contributed by atoms with Gasteiger partial charge in [0.1, 0.15) is 17.4 Å². The Hall–Kier alpha value is -4.04. The molecular weight excluding hydrogens is 536 g/mol. The number of allylic oxidation sites excluding steroid dienone is 2. The molecule has 1 N–H and O–H groups in total. The SMILES string of the molecule is CCCCC(=O)C(=O)N[C@@H](Cc1ccc(OCc2ccccc2)cc1)c1nc(C=C(C)C=C(C)C(=O)OCC)cs1. The van der Waals surface area contributed by atoms with Gasteiger partial charge >= 0.3 is 5.97 Å². The minimum Gasteiger partial charge on any atom is -0.489 e. The Kier molecular flexibility index (Phi) is 12.5. The van der Waals surface area contributed by atoms with Crippen LogP contribution >= 0.6 is 11.3 Å². The monoisotopic (exact) mass is 574 g/mol. The zero-order chi connectivity index (χ0) is 29.6. The van der Waals surface area contributed by atoms with Crippen LogP contribution in [0.3, 0.4) is 0 Å². The number of esters is 1. The van der Waals surface area contributed by atoms with Gasteiger partial charge in [-0.2, -0.15) is 0 Å². The summed E-state index contributed by atoms with van der Waals surface area (Å²) in [6, 6.07) is 17.2. The normalized spacial score (nSPS) is 12.5. The number of nitrogens with one attached hydrogen (secondary N) is 1. The number of amides is 1. The number of ketones is 1. The van der Waals surface area contributed by atoms with Crippen molar-refractivity contribution >= 4 is 35.1 Å². The van der Waals surface area contributed by atoms with E-state index in [1.807, 2.05) is 79.9 Å². The van der Waals surface area contributed by atoms with Crippen LogP contribution in [0.25, 0.3) is 6.08 Å². The van der Waals surface area contributed by atoms with Gasteiger partial charge in [0.2, 0.25) is 5.78 Å². The van der Waals surface area contributed by atoms with E-state index in [1.165, 1.54) is 11.3 Å². The van der Waals surface area contributed by atoms with Gasteiger partial charge in [-0.3, -0.25) is 9.59 Å². The fraction of sp³-hybridized carbons (Fsp3) is 0.333. The zero-order valence-corrected chi connectivity index (χ0v) is 25.0. The molecule has 0 aliphatic rings. The van der Waals surface area contributed by atoms with Gasteiger partial charge in [-0.15, -0.1) is 11.3 Å². The molecular formula is C33H38N2O5S. The molecule has 0 saturated heterocycles. The third-order valence-corrected chi connectivity index (χ3v) is 7.16. The fourth-order valence-corrected chi connectivity index (χ4v) is 4.86. The van der Waals surface area contributed by atoms with E-state index >= 15 is 0 Å². The van der Waals surface area contributed by atoms with Crippen LogP contribution in [0, 0.1) is 0 Å². The standard InChI is InChI=1S/C33H38N2O5S/c1-5-7-13-30(36)31(37)35-29(20-25-14-16-28(17-15-25)40-21-26-11-9-8-10-12-26)32-34-27(22-41-32)19-23(3)18-24(4)33(38)39-6-2/h8-12,14-19,22,29H,5-7,13,20-21H2,1-4H3,(H,35,37)/t29-/m0/s1. The number of rotatable bonds is 15. The molecule has 0 aliphatic carbocycles. The highest BCUT2D eigenvalue weighted by atomic mass is 32.1. The smallest absolute Gasteiger partial charge is 0.333 e. The second kappa shape index (κ2) is 16.3. The summed E-state index contributed by atoms with van der Waals surface area (Å²) in [7, 11) is 0. The Morgan fingerprint density at radius 1 is 1.00 bits per heavy atom. The molecule has 0 aliphatic heterocycles. The fourth-order valence-electron chi connectivity index (χ4n) is 4.04. The average molecular weight is 575 g/mol. The number of unbranched alkanes of at least 4 members (excludes halogenated alkanes) is 1. The minimum atomic E-state index is -0.595. The zero-order valence-electron chi connectivity index (χ0n) is 24.1. The van der Waals surface area contributed by atoms with Crippen molar-refractivity contribution in [2.75, 3.05) is 6.61 Å². The van der Waals surface area contributed by atoms with Gasteiger partial charge in [0, 0.05) is 17.4 Å². The summed E-state index contributed by atoms with van der Waals surface area (Å²) in [5.41, 5.74) is 4.11. The van der Waals surface area contributed by atoms with Crippen molar-refractivity contribution in [2.45, 2.75) is 66.0 Å².